The Hall–Kier alpha value is -1.94. The summed E-state index contributed by atoms with van der Waals surface area (Å²) in [5.41, 5.74) is 0. The second-order valence-corrected chi connectivity index (χ2v) is 29.8. The van der Waals surface area contributed by atoms with Crippen molar-refractivity contribution < 1.29 is 80.2 Å². The Morgan fingerprint density at radius 3 is 0.747 bits per heavy atom. The minimum absolute atomic E-state index is 0.107. The molecule has 0 heterocycles. The van der Waals surface area contributed by atoms with E-state index in [2.05, 4.69) is 41.5 Å². The molecule has 3 N–H and O–H groups in total. The van der Waals surface area contributed by atoms with Gasteiger partial charge in [0.05, 0.1) is 26.4 Å². The summed E-state index contributed by atoms with van der Waals surface area (Å²) in [5.74, 6) is -0.553. The summed E-state index contributed by atoms with van der Waals surface area (Å²) >= 11 is 0. The van der Waals surface area contributed by atoms with Crippen LogP contribution in [0.1, 0.15) is 369 Å². The summed E-state index contributed by atoms with van der Waals surface area (Å²) in [6, 6.07) is 0. The number of unbranched alkanes of at least 4 members (excludes halogenated alkanes) is 41. The highest BCUT2D eigenvalue weighted by atomic mass is 31.2. The molecule has 19 heteroatoms. The average molecular weight is 1340 g/mol. The van der Waals surface area contributed by atoms with Gasteiger partial charge in [0.2, 0.25) is 0 Å². The van der Waals surface area contributed by atoms with Gasteiger partial charge < -0.3 is 33.8 Å². The van der Waals surface area contributed by atoms with Gasteiger partial charge in [0.25, 0.3) is 0 Å². The number of hydrogen-bond acceptors (Lipinski definition) is 15. The molecule has 0 bridgehead atoms. The number of esters is 4. The highest BCUT2D eigenvalue weighted by Crippen LogP contribution is 2.45. The largest absolute Gasteiger partial charge is 0.472 e. The van der Waals surface area contributed by atoms with Crippen molar-refractivity contribution in [2.24, 2.45) is 11.8 Å². The molecule has 0 aromatic carbocycles. The monoisotopic (exact) mass is 1340 g/mol. The minimum atomic E-state index is -4.95. The lowest BCUT2D eigenvalue weighted by molar-refractivity contribution is -0.161. The molecule has 540 valence electrons. The summed E-state index contributed by atoms with van der Waals surface area (Å²) < 4.78 is 68.2. The number of phosphoric acid groups is 2. The molecule has 0 aliphatic carbocycles. The maximum atomic E-state index is 13.0. The maximum absolute atomic E-state index is 13.0. The van der Waals surface area contributed by atoms with Crippen LogP contribution in [0.4, 0.5) is 0 Å². The number of ether oxygens (including phenoxy) is 4. The fourth-order valence-corrected chi connectivity index (χ4v) is 12.5. The van der Waals surface area contributed by atoms with Gasteiger partial charge in [0.1, 0.15) is 19.3 Å². The summed E-state index contributed by atoms with van der Waals surface area (Å²) in [4.78, 5) is 72.4. The van der Waals surface area contributed by atoms with E-state index >= 15 is 0 Å². The highest BCUT2D eigenvalue weighted by Gasteiger charge is 2.30. The fraction of sp³-hybridized carbons (Fsp3) is 0.944. The van der Waals surface area contributed by atoms with Gasteiger partial charge in [-0.2, -0.15) is 0 Å². The third kappa shape index (κ3) is 66.5. The van der Waals surface area contributed by atoms with Gasteiger partial charge in [-0.05, 0) is 37.5 Å². The zero-order chi connectivity index (χ0) is 67.2. The minimum Gasteiger partial charge on any atom is -0.462 e. The van der Waals surface area contributed by atoms with Crippen LogP contribution in [0.25, 0.3) is 0 Å². The number of rotatable bonds is 71. The maximum Gasteiger partial charge on any atom is 0.472 e. The van der Waals surface area contributed by atoms with Crippen LogP contribution in [0.15, 0.2) is 0 Å². The van der Waals surface area contributed by atoms with Crippen LogP contribution < -0.4 is 0 Å². The van der Waals surface area contributed by atoms with Crippen LogP contribution >= 0.6 is 15.6 Å². The zero-order valence-electron chi connectivity index (χ0n) is 59.1. The lowest BCUT2D eigenvalue weighted by Gasteiger charge is -2.21. The van der Waals surface area contributed by atoms with Crippen LogP contribution in [-0.2, 0) is 65.4 Å². The first-order valence-electron chi connectivity index (χ1n) is 37.5. The first kappa shape index (κ1) is 89.1. The second kappa shape index (κ2) is 64.1. The van der Waals surface area contributed by atoms with E-state index < -0.39 is 97.5 Å². The lowest BCUT2D eigenvalue weighted by Crippen LogP contribution is -2.30. The molecule has 0 radical (unpaired) electrons. The predicted molar refractivity (Wildman–Crippen MR) is 368 cm³/mol. The highest BCUT2D eigenvalue weighted by molar-refractivity contribution is 7.47. The molecule has 2 unspecified atom stereocenters. The molecule has 0 saturated heterocycles. The summed E-state index contributed by atoms with van der Waals surface area (Å²) in [5, 5.41) is 10.6. The molecule has 0 saturated carbocycles. The van der Waals surface area contributed by atoms with Crippen molar-refractivity contribution in [3.05, 3.63) is 0 Å². The van der Waals surface area contributed by atoms with E-state index in [-0.39, 0.29) is 25.7 Å². The molecule has 17 nitrogen and oxygen atoms in total. The second-order valence-electron chi connectivity index (χ2n) is 26.9. The quantitative estimate of drug-likeness (QED) is 0.0222. The molecule has 0 aromatic rings. The van der Waals surface area contributed by atoms with Gasteiger partial charge in [-0.25, -0.2) is 9.13 Å². The number of hydrogen-bond donors (Lipinski definition) is 3. The Balaban J connectivity index is 5.16. The Kier molecular flexibility index (Phi) is 62.7. The summed E-state index contributed by atoms with van der Waals surface area (Å²) in [7, 11) is -9.89. The van der Waals surface area contributed by atoms with Gasteiger partial charge in [0, 0.05) is 25.7 Å². The Bertz CT molecular complexity index is 1770. The third-order valence-electron chi connectivity index (χ3n) is 16.7. The fourth-order valence-electron chi connectivity index (χ4n) is 10.9. The van der Waals surface area contributed by atoms with E-state index in [1.54, 1.807) is 0 Å². The van der Waals surface area contributed by atoms with E-state index in [1.807, 2.05) is 0 Å². The lowest BCUT2D eigenvalue weighted by atomic mass is 10.0. The van der Waals surface area contributed by atoms with Crippen molar-refractivity contribution in [2.45, 2.75) is 387 Å². The average Bonchev–Trinajstić information content (AvgIpc) is 3.57. The summed E-state index contributed by atoms with van der Waals surface area (Å²) in [6.07, 6.45) is 50.2. The molecule has 0 aliphatic rings. The first-order chi connectivity index (χ1) is 43.9. The topological polar surface area (TPSA) is 237 Å². The van der Waals surface area contributed by atoms with Gasteiger partial charge in [-0.1, -0.05) is 318 Å². The van der Waals surface area contributed by atoms with Crippen LogP contribution in [0, 0.1) is 11.8 Å². The van der Waals surface area contributed by atoms with Gasteiger partial charge in [-0.15, -0.1) is 0 Å². The van der Waals surface area contributed by atoms with E-state index in [9.17, 15) is 43.2 Å². The van der Waals surface area contributed by atoms with Crippen LogP contribution in [0.2, 0.25) is 0 Å². The van der Waals surface area contributed by atoms with Crippen molar-refractivity contribution in [1.29, 1.82) is 0 Å². The van der Waals surface area contributed by atoms with Crippen molar-refractivity contribution in [2.75, 3.05) is 39.6 Å². The SMILES string of the molecule is CCCCCCCCCCCCCCCCC(=O)O[C@H](COC(=O)CCCCCCC)COP(=O)(O)OC[C@H](O)COP(=O)(O)OC[C@@H](COC(=O)CCCCCCCCCCCCCCCC(C)C)OC(=O)CCCCCCCCCCCCCCCC(C)C. The molecule has 0 rings (SSSR count). The zero-order valence-corrected chi connectivity index (χ0v) is 60.9. The Morgan fingerprint density at radius 2 is 0.505 bits per heavy atom. The van der Waals surface area contributed by atoms with Crippen molar-refractivity contribution in [1.82, 2.24) is 0 Å². The standard InChI is InChI=1S/C72H140O17P2/c1-7-9-11-13-14-15-16-17-22-28-33-38-44-50-56-71(76)88-67(60-82-69(74)54-48-40-12-10-8-2)62-86-90(78,79)84-58-66(73)59-85-91(80,81)87-63-68(89-72(77)57-51-45-39-34-29-24-19-21-26-31-36-42-47-53-65(5)6)61-83-70(75)55-49-43-37-32-27-23-18-20-25-30-35-41-46-52-64(3)4/h64-68,73H,7-63H2,1-6H3,(H,78,79)(H,80,81)/t66-,67+,68+/m0/s1. The molecule has 0 spiro atoms. The molecule has 5 atom stereocenters. The first-order valence-corrected chi connectivity index (χ1v) is 40.5. The number of aliphatic hydroxyl groups excluding tert-OH is 1. The molecular formula is C72H140O17P2. The van der Waals surface area contributed by atoms with E-state index in [0.29, 0.717) is 25.7 Å². The normalized spacial score (nSPS) is 14.1. The molecule has 0 aliphatic heterocycles. The van der Waals surface area contributed by atoms with E-state index in [0.717, 1.165) is 108 Å². The van der Waals surface area contributed by atoms with Gasteiger partial charge in [0.15, 0.2) is 12.2 Å². The van der Waals surface area contributed by atoms with Gasteiger partial charge in [-0.3, -0.25) is 37.3 Å². The van der Waals surface area contributed by atoms with Crippen molar-refractivity contribution in [3.63, 3.8) is 0 Å². The van der Waals surface area contributed by atoms with E-state index in [4.69, 9.17) is 37.0 Å². The van der Waals surface area contributed by atoms with E-state index in [1.165, 1.54) is 180 Å². The Labute approximate surface area is 556 Å². The number of carbonyl (C=O) groups excluding carboxylic acids is 4. The van der Waals surface area contributed by atoms with Gasteiger partial charge >= 0.3 is 39.5 Å². The molecule has 0 aromatic heterocycles. The molecule has 0 amide bonds. The van der Waals surface area contributed by atoms with Crippen LogP contribution in [0.5, 0.6) is 0 Å². The van der Waals surface area contributed by atoms with Crippen LogP contribution in [-0.4, -0.2) is 96.7 Å². The molecular weight excluding hydrogens is 1200 g/mol. The van der Waals surface area contributed by atoms with Crippen molar-refractivity contribution in [3.8, 4) is 0 Å². The number of carbonyl (C=O) groups is 4. The predicted octanol–water partition coefficient (Wildman–Crippen LogP) is 20.8. The number of phosphoric ester groups is 2. The smallest absolute Gasteiger partial charge is 0.462 e. The third-order valence-corrected chi connectivity index (χ3v) is 18.6. The molecule has 91 heavy (non-hydrogen) atoms. The van der Waals surface area contributed by atoms with Crippen molar-refractivity contribution >= 4 is 39.5 Å². The molecule has 0 fully saturated rings. The van der Waals surface area contributed by atoms with Crippen LogP contribution in [0.3, 0.4) is 0 Å². The Morgan fingerprint density at radius 1 is 0.297 bits per heavy atom. The summed E-state index contributed by atoms with van der Waals surface area (Å²) in [6.45, 7) is 9.52. The number of aliphatic hydroxyl groups is 1.